The number of rotatable bonds is 4. The molecule has 2 aromatic rings. The molecule has 0 aliphatic carbocycles. The van der Waals surface area contributed by atoms with Crippen LogP contribution in [-0.2, 0) is 6.18 Å². The summed E-state index contributed by atoms with van der Waals surface area (Å²) in [4.78, 5) is 23.7. The van der Waals surface area contributed by atoms with Crippen molar-refractivity contribution in [3.63, 3.8) is 0 Å². The summed E-state index contributed by atoms with van der Waals surface area (Å²) in [6, 6.07) is 3.65. The topological polar surface area (TPSA) is 84.3 Å². The number of benzene rings is 1. The van der Waals surface area contributed by atoms with Gasteiger partial charge < -0.3 is 0 Å². The lowest BCUT2D eigenvalue weighted by Gasteiger charge is -2.11. The van der Waals surface area contributed by atoms with E-state index in [1.165, 1.54) is 11.3 Å². The van der Waals surface area contributed by atoms with Crippen molar-refractivity contribution in [3.8, 4) is 0 Å². The lowest BCUT2D eigenvalue weighted by atomic mass is 10.1. The number of amides is 1. The molecule has 1 heterocycles. The molecule has 0 saturated carbocycles. The molecule has 0 aliphatic rings. The van der Waals surface area contributed by atoms with Crippen molar-refractivity contribution in [1.29, 1.82) is 0 Å². The van der Waals surface area contributed by atoms with Gasteiger partial charge in [0.1, 0.15) is 5.69 Å². The molecule has 24 heavy (non-hydrogen) atoms. The van der Waals surface area contributed by atoms with Crippen molar-refractivity contribution in [2.75, 3.05) is 5.43 Å². The zero-order chi connectivity index (χ0) is 18.1. The summed E-state index contributed by atoms with van der Waals surface area (Å²) in [5.74, 6) is -0.536. The Balaban J connectivity index is 2.22. The second-order valence-corrected chi connectivity index (χ2v) is 6.35. The van der Waals surface area contributed by atoms with Crippen LogP contribution in [-0.4, -0.2) is 10.8 Å². The summed E-state index contributed by atoms with van der Waals surface area (Å²) in [7, 11) is 0. The number of nitrogens with zero attached hydrogens (tertiary/aromatic N) is 1. The fraction of sp³-hybridized carbons (Fsp3) is 0.214. The highest BCUT2D eigenvalue weighted by molar-refractivity contribution is 7.12. The van der Waals surface area contributed by atoms with E-state index in [9.17, 15) is 28.1 Å². The Morgan fingerprint density at radius 1 is 1.25 bits per heavy atom. The van der Waals surface area contributed by atoms with Crippen LogP contribution in [0.1, 0.15) is 25.7 Å². The second kappa shape index (κ2) is 6.48. The highest BCUT2D eigenvalue weighted by Gasteiger charge is 2.33. The van der Waals surface area contributed by atoms with Gasteiger partial charge in [-0.15, -0.1) is 11.3 Å². The van der Waals surface area contributed by atoms with Gasteiger partial charge in [0, 0.05) is 15.8 Å². The van der Waals surface area contributed by atoms with Gasteiger partial charge in [0.2, 0.25) is 0 Å². The van der Waals surface area contributed by atoms with E-state index in [0.717, 1.165) is 15.8 Å². The maximum Gasteiger partial charge on any atom is 0.416 e. The third kappa shape index (κ3) is 3.82. The predicted octanol–water partition coefficient (Wildman–Crippen LogP) is 4.05. The smallest absolute Gasteiger partial charge is 0.292 e. The summed E-state index contributed by atoms with van der Waals surface area (Å²) in [6.07, 6.45) is -4.70. The summed E-state index contributed by atoms with van der Waals surface area (Å²) >= 11 is 1.41. The number of anilines is 1. The number of nitro groups is 1. The molecule has 128 valence electrons. The van der Waals surface area contributed by atoms with E-state index in [1.807, 2.05) is 6.92 Å². The van der Waals surface area contributed by atoms with Crippen LogP contribution in [0.25, 0.3) is 0 Å². The van der Waals surface area contributed by atoms with Gasteiger partial charge in [0.15, 0.2) is 0 Å². The standard InChI is InChI=1S/C14H12F3N3O3S/c1-7-5-10(8(2)24-7)13(21)19-18-11-4-3-9(14(15,16)17)6-12(11)20(22)23/h3-6,18H,1-2H3,(H,19,21). The van der Waals surface area contributed by atoms with E-state index in [0.29, 0.717) is 17.7 Å². The Bertz CT molecular complexity index is 802. The van der Waals surface area contributed by atoms with Crippen molar-refractivity contribution >= 4 is 28.6 Å². The normalized spacial score (nSPS) is 11.2. The first-order valence-electron chi connectivity index (χ1n) is 6.58. The van der Waals surface area contributed by atoms with Crippen molar-refractivity contribution in [1.82, 2.24) is 5.43 Å². The minimum absolute atomic E-state index is 0.244. The van der Waals surface area contributed by atoms with Crippen LogP contribution in [0.3, 0.4) is 0 Å². The van der Waals surface area contributed by atoms with Crippen LogP contribution in [0.15, 0.2) is 24.3 Å². The summed E-state index contributed by atoms with van der Waals surface area (Å²) in [5.41, 5.74) is 2.77. The van der Waals surface area contributed by atoms with Crippen LogP contribution in [0.2, 0.25) is 0 Å². The van der Waals surface area contributed by atoms with E-state index < -0.39 is 28.3 Å². The van der Waals surface area contributed by atoms with Crippen LogP contribution >= 0.6 is 11.3 Å². The SMILES string of the molecule is Cc1cc(C(=O)NNc2ccc(C(F)(F)F)cc2[N+](=O)[O-])c(C)s1. The number of hydrazine groups is 1. The maximum absolute atomic E-state index is 12.6. The van der Waals surface area contributed by atoms with Gasteiger partial charge in [-0.3, -0.25) is 25.8 Å². The van der Waals surface area contributed by atoms with Gasteiger partial charge in [-0.25, -0.2) is 0 Å². The molecule has 0 unspecified atom stereocenters. The van der Waals surface area contributed by atoms with E-state index in [4.69, 9.17) is 0 Å². The predicted molar refractivity (Wildman–Crippen MR) is 83.0 cm³/mol. The highest BCUT2D eigenvalue weighted by atomic mass is 32.1. The molecule has 2 rings (SSSR count). The lowest BCUT2D eigenvalue weighted by Crippen LogP contribution is -2.29. The number of hydrogen-bond acceptors (Lipinski definition) is 5. The number of alkyl halides is 3. The molecule has 2 N–H and O–H groups in total. The van der Waals surface area contributed by atoms with E-state index in [-0.39, 0.29) is 5.69 Å². The molecule has 0 spiro atoms. The molecule has 6 nitrogen and oxygen atoms in total. The third-order valence-electron chi connectivity index (χ3n) is 3.12. The quantitative estimate of drug-likeness (QED) is 0.637. The molecular weight excluding hydrogens is 347 g/mol. The summed E-state index contributed by atoms with van der Waals surface area (Å²) in [6.45, 7) is 3.57. The Hall–Kier alpha value is -2.62. The molecule has 1 aromatic carbocycles. The van der Waals surface area contributed by atoms with Crippen LogP contribution in [0.5, 0.6) is 0 Å². The molecule has 10 heteroatoms. The van der Waals surface area contributed by atoms with Crippen molar-refractivity contribution in [3.05, 3.63) is 55.3 Å². The number of aryl methyl sites for hydroxylation is 2. The van der Waals surface area contributed by atoms with E-state index in [2.05, 4.69) is 10.9 Å². The molecular formula is C14H12F3N3O3S. The maximum atomic E-state index is 12.6. The van der Waals surface area contributed by atoms with Crippen LogP contribution in [0, 0.1) is 24.0 Å². The molecule has 1 amide bonds. The summed E-state index contributed by atoms with van der Waals surface area (Å²) < 4.78 is 37.9. The number of thiophene rings is 1. The molecule has 1 aromatic heterocycles. The van der Waals surface area contributed by atoms with Gasteiger partial charge >= 0.3 is 6.18 Å². The Morgan fingerprint density at radius 2 is 1.92 bits per heavy atom. The fourth-order valence-corrected chi connectivity index (χ4v) is 2.93. The van der Waals surface area contributed by atoms with E-state index in [1.54, 1.807) is 13.0 Å². The fourth-order valence-electron chi connectivity index (χ4n) is 2.01. The molecule has 0 radical (unpaired) electrons. The summed E-state index contributed by atoms with van der Waals surface area (Å²) in [5, 5.41) is 11.0. The average molecular weight is 359 g/mol. The average Bonchev–Trinajstić information content (AvgIpc) is 2.82. The van der Waals surface area contributed by atoms with Gasteiger partial charge in [-0.2, -0.15) is 13.2 Å². The minimum Gasteiger partial charge on any atom is -0.292 e. The largest absolute Gasteiger partial charge is 0.416 e. The lowest BCUT2D eigenvalue weighted by molar-refractivity contribution is -0.384. The Morgan fingerprint density at radius 3 is 2.42 bits per heavy atom. The molecule has 0 fully saturated rings. The van der Waals surface area contributed by atoms with Gasteiger partial charge in [0.05, 0.1) is 16.1 Å². The number of carbonyl (C=O) groups is 1. The highest BCUT2D eigenvalue weighted by Crippen LogP contribution is 2.34. The minimum atomic E-state index is -4.70. The number of carbonyl (C=O) groups excluding carboxylic acids is 1. The third-order valence-corrected chi connectivity index (χ3v) is 4.08. The van der Waals surface area contributed by atoms with Gasteiger partial charge in [-0.1, -0.05) is 0 Å². The van der Waals surface area contributed by atoms with Crippen molar-refractivity contribution in [2.24, 2.45) is 0 Å². The monoisotopic (exact) mass is 359 g/mol. The van der Waals surface area contributed by atoms with Gasteiger partial charge in [0.25, 0.3) is 11.6 Å². The Kier molecular flexibility index (Phi) is 4.78. The van der Waals surface area contributed by atoms with Gasteiger partial charge in [-0.05, 0) is 32.0 Å². The van der Waals surface area contributed by atoms with E-state index >= 15 is 0 Å². The van der Waals surface area contributed by atoms with Crippen molar-refractivity contribution in [2.45, 2.75) is 20.0 Å². The zero-order valence-corrected chi connectivity index (χ0v) is 13.3. The molecule has 0 bridgehead atoms. The first-order valence-corrected chi connectivity index (χ1v) is 7.40. The zero-order valence-electron chi connectivity index (χ0n) is 12.5. The molecule has 0 atom stereocenters. The molecule has 0 aliphatic heterocycles. The molecule has 0 saturated heterocycles. The first-order chi connectivity index (χ1) is 11.1. The number of nitrogens with one attached hydrogen (secondary N) is 2. The van der Waals surface area contributed by atoms with Crippen LogP contribution < -0.4 is 10.9 Å². The first kappa shape index (κ1) is 17.7. The number of nitro benzene ring substituents is 1. The van der Waals surface area contributed by atoms with Crippen molar-refractivity contribution < 1.29 is 22.9 Å². The number of hydrogen-bond donors (Lipinski definition) is 2. The second-order valence-electron chi connectivity index (χ2n) is 4.89. The Labute approximate surface area is 138 Å². The van der Waals surface area contributed by atoms with Crippen LogP contribution in [0.4, 0.5) is 24.5 Å². The number of halogens is 3.